The second kappa shape index (κ2) is 8.49. The molecule has 156 valence electrons. The van der Waals surface area contributed by atoms with Crippen LogP contribution < -0.4 is 0 Å². The Labute approximate surface area is 170 Å². The van der Waals surface area contributed by atoms with Crippen LogP contribution in [0.4, 0.5) is 17.6 Å². The fourth-order valence-electron chi connectivity index (χ4n) is 5.32. The Bertz CT molecular complexity index is 875. The minimum Gasteiger partial charge on any atom is -0.203 e. The maximum atomic E-state index is 14.9. The molecular weight excluding hydrogens is 376 g/mol. The molecule has 0 unspecified atom stereocenters. The van der Waals surface area contributed by atoms with Crippen LogP contribution in [0.25, 0.3) is 0 Å². The van der Waals surface area contributed by atoms with Crippen molar-refractivity contribution >= 4 is 0 Å². The van der Waals surface area contributed by atoms with Crippen LogP contribution in [0.15, 0.2) is 24.3 Å². The highest BCUT2D eigenvalue weighted by Crippen LogP contribution is 2.43. The summed E-state index contributed by atoms with van der Waals surface area (Å²) in [4.78, 5) is 0. The van der Waals surface area contributed by atoms with Gasteiger partial charge in [-0.3, -0.25) is 0 Å². The molecule has 0 heterocycles. The number of aryl methyl sites for hydroxylation is 1. The Morgan fingerprint density at radius 1 is 0.517 bits per heavy atom. The zero-order valence-electron chi connectivity index (χ0n) is 16.9. The lowest BCUT2D eigenvalue weighted by Gasteiger charge is -2.30. The van der Waals surface area contributed by atoms with Crippen LogP contribution in [0.5, 0.6) is 0 Å². The Balaban J connectivity index is 1.49. The van der Waals surface area contributed by atoms with Gasteiger partial charge in [0, 0.05) is 0 Å². The summed E-state index contributed by atoms with van der Waals surface area (Å²) in [6, 6.07) is 6.82. The summed E-state index contributed by atoms with van der Waals surface area (Å²) in [5.41, 5.74) is 1.68. The SMILES string of the molecule is Cc1ccc(C2CCC(c3ccc(C4CCCCC4)c(F)c3F)CC2)c(F)c1F. The number of rotatable bonds is 3. The van der Waals surface area contributed by atoms with Crippen LogP contribution in [-0.2, 0) is 0 Å². The topological polar surface area (TPSA) is 0 Å². The van der Waals surface area contributed by atoms with Crippen molar-refractivity contribution in [3.63, 3.8) is 0 Å². The van der Waals surface area contributed by atoms with E-state index in [1.807, 2.05) is 0 Å². The van der Waals surface area contributed by atoms with Crippen molar-refractivity contribution < 1.29 is 17.6 Å². The first-order valence-electron chi connectivity index (χ1n) is 10.9. The van der Waals surface area contributed by atoms with Gasteiger partial charge >= 0.3 is 0 Å². The van der Waals surface area contributed by atoms with E-state index in [1.165, 1.54) is 6.42 Å². The Morgan fingerprint density at radius 3 is 1.38 bits per heavy atom. The summed E-state index contributed by atoms with van der Waals surface area (Å²) < 4.78 is 57.9. The second-order valence-electron chi connectivity index (χ2n) is 8.86. The third kappa shape index (κ3) is 3.95. The predicted octanol–water partition coefficient (Wildman–Crippen LogP) is 8.04. The molecule has 0 saturated heterocycles. The standard InChI is InChI=1S/C25H28F4/c1-15-7-12-19(23(27)22(15)26)17-8-10-18(11-9-17)21-14-13-20(24(28)25(21)29)16-5-3-2-4-6-16/h7,12-14,16-18H,2-6,8-11H2,1H3. The average Bonchev–Trinajstić information content (AvgIpc) is 2.75. The summed E-state index contributed by atoms with van der Waals surface area (Å²) in [5.74, 6) is -2.94. The molecule has 2 aliphatic rings. The molecule has 0 N–H and O–H groups in total. The van der Waals surface area contributed by atoms with Crippen LogP contribution in [0.1, 0.15) is 97.8 Å². The molecule has 0 nitrogen and oxygen atoms in total. The zero-order chi connectivity index (χ0) is 20.5. The third-order valence-corrected chi connectivity index (χ3v) is 7.10. The first kappa shape index (κ1) is 20.4. The van der Waals surface area contributed by atoms with Crippen molar-refractivity contribution in [1.29, 1.82) is 0 Å². The van der Waals surface area contributed by atoms with Gasteiger partial charge in [0.2, 0.25) is 0 Å². The molecule has 0 amide bonds. The number of hydrogen-bond donors (Lipinski definition) is 0. The molecule has 4 heteroatoms. The molecular formula is C25H28F4. The zero-order valence-corrected chi connectivity index (χ0v) is 16.9. The van der Waals surface area contributed by atoms with Gasteiger partial charge in [0.25, 0.3) is 0 Å². The van der Waals surface area contributed by atoms with Crippen LogP contribution >= 0.6 is 0 Å². The van der Waals surface area contributed by atoms with Crippen molar-refractivity contribution in [1.82, 2.24) is 0 Å². The summed E-state index contributed by atoms with van der Waals surface area (Å²) >= 11 is 0. The summed E-state index contributed by atoms with van der Waals surface area (Å²) in [6.45, 7) is 1.55. The molecule has 0 aromatic heterocycles. The van der Waals surface area contributed by atoms with Crippen molar-refractivity contribution in [3.05, 3.63) is 69.8 Å². The van der Waals surface area contributed by atoms with Crippen LogP contribution in [-0.4, -0.2) is 0 Å². The van der Waals surface area contributed by atoms with Crippen molar-refractivity contribution in [2.45, 2.75) is 82.5 Å². The molecule has 2 fully saturated rings. The van der Waals surface area contributed by atoms with E-state index in [-0.39, 0.29) is 17.8 Å². The molecule has 2 aromatic rings. The van der Waals surface area contributed by atoms with E-state index in [0.29, 0.717) is 47.9 Å². The third-order valence-electron chi connectivity index (χ3n) is 7.10. The van der Waals surface area contributed by atoms with E-state index in [9.17, 15) is 17.6 Å². The molecule has 0 radical (unpaired) electrons. The lowest BCUT2D eigenvalue weighted by Crippen LogP contribution is -2.16. The molecule has 0 atom stereocenters. The molecule has 29 heavy (non-hydrogen) atoms. The normalized spacial score (nSPS) is 23.3. The van der Waals surface area contributed by atoms with E-state index in [2.05, 4.69) is 0 Å². The fourth-order valence-corrected chi connectivity index (χ4v) is 5.32. The van der Waals surface area contributed by atoms with E-state index >= 15 is 0 Å². The molecule has 0 spiro atoms. The second-order valence-corrected chi connectivity index (χ2v) is 8.86. The van der Waals surface area contributed by atoms with Gasteiger partial charge in [-0.25, -0.2) is 17.6 Å². The van der Waals surface area contributed by atoms with E-state index < -0.39 is 23.3 Å². The summed E-state index contributed by atoms with van der Waals surface area (Å²) in [5, 5.41) is 0. The fraction of sp³-hybridized carbons (Fsp3) is 0.520. The van der Waals surface area contributed by atoms with E-state index in [1.54, 1.807) is 31.2 Å². The van der Waals surface area contributed by atoms with Gasteiger partial charge in [-0.1, -0.05) is 43.5 Å². The molecule has 0 aliphatic heterocycles. The molecule has 2 aliphatic carbocycles. The monoisotopic (exact) mass is 404 g/mol. The van der Waals surface area contributed by atoms with Gasteiger partial charge in [0.15, 0.2) is 23.3 Å². The Hall–Kier alpha value is -1.84. The van der Waals surface area contributed by atoms with Crippen molar-refractivity contribution in [2.24, 2.45) is 0 Å². The summed E-state index contributed by atoms with van der Waals surface area (Å²) in [6.07, 6.45) is 7.79. The Kier molecular flexibility index (Phi) is 5.98. The van der Waals surface area contributed by atoms with Gasteiger partial charge in [-0.05, 0) is 85.5 Å². The van der Waals surface area contributed by atoms with Gasteiger partial charge in [-0.15, -0.1) is 0 Å². The molecule has 2 aromatic carbocycles. The van der Waals surface area contributed by atoms with Crippen LogP contribution in [0.3, 0.4) is 0 Å². The highest BCUT2D eigenvalue weighted by atomic mass is 19.2. The van der Waals surface area contributed by atoms with Gasteiger partial charge in [0.1, 0.15) is 0 Å². The number of hydrogen-bond acceptors (Lipinski definition) is 0. The van der Waals surface area contributed by atoms with Crippen molar-refractivity contribution in [3.8, 4) is 0 Å². The van der Waals surface area contributed by atoms with Crippen LogP contribution in [0.2, 0.25) is 0 Å². The first-order chi connectivity index (χ1) is 14.0. The minimum absolute atomic E-state index is 0.0699. The smallest absolute Gasteiger partial charge is 0.162 e. The summed E-state index contributed by atoms with van der Waals surface area (Å²) in [7, 11) is 0. The highest BCUT2D eigenvalue weighted by Gasteiger charge is 2.30. The van der Waals surface area contributed by atoms with Gasteiger partial charge < -0.3 is 0 Å². The van der Waals surface area contributed by atoms with Gasteiger partial charge in [0.05, 0.1) is 0 Å². The van der Waals surface area contributed by atoms with E-state index in [0.717, 1.165) is 25.7 Å². The quantitative estimate of drug-likeness (QED) is 0.454. The number of halogens is 4. The first-order valence-corrected chi connectivity index (χ1v) is 10.9. The molecule has 2 saturated carbocycles. The maximum Gasteiger partial charge on any atom is 0.162 e. The van der Waals surface area contributed by atoms with Crippen LogP contribution in [0, 0.1) is 30.2 Å². The Morgan fingerprint density at radius 2 is 0.897 bits per heavy atom. The lowest BCUT2D eigenvalue weighted by molar-refractivity contribution is 0.366. The lowest BCUT2D eigenvalue weighted by atomic mass is 9.75. The largest absolute Gasteiger partial charge is 0.203 e. The molecule has 4 rings (SSSR count). The number of benzene rings is 2. The minimum atomic E-state index is -0.781. The maximum absolute atomic E-state index is 14.9. The van der Waals surface area contributed by atoms with Crippen molar-refractivity contribution in [2.75, 3.05) is 0 Å². The average molecular weight is 404 g/mol. The molecule has 0 bridgehead atoms. The van der Waals surface area contributed by atoms with Gasteiger partial charge in [-0.2, -0.15) is 0 Å². The predicted molar refractivity (Wildman–Crippen MR) is 107 cm³/mol. The van der Waals surface area contributed by atoms with E-state index in [4.69, 9.17) is 0 Å². The highest BCUT2D eigenvalue weighted by molar-refractivity contribution is 5.33.